The zero-order chi connectivity index (χ0) is 21.3. The molecule has 0 N–H and O–H groups in total. The largest absolute Gasteiger partial charge is 0.329 e. The van der Waals surface area contributed by atoms with Gasteiger partial charge in [-0.05, 0) is 23.3 Å². The van der Waals surface area contributed by atoms with E-state index in [0.29, 0.717) is 11.1 Å². The molecule has 1 heterocycles. The van der Waals surface area contributed by atoms with Crippen molar-refractivity contribution in [2.45, 2.75) is 13.1 Å². The smallest absolute Gasteiger partial charge is 0.268 e. The first-order valence-electron chi connectivity index (χ1n) is 9.09. The number of rotatable bonds is 5. The third-order valence-corrected chi connectivity index (χ3v) is 6.56. The van der Waals surface area contributed by atoms with E-state index in [-0.39, 0.29) is 30.0 Å². The van der Waals surface area contributed by atoms with E-state index in [2.05, 4.69) is 0 Å². The maximum absolute atomic E-state index is 13.4. The number of fused-ring (bicyclic) bond motifs is 1. The van der Waals surface area contributed by atoms with E-state index >= 15 is 0 Å². The molecule has 8 nitrogen and oxygen atoms in total. The number of benzene rings is 3. The summed E-state index contributed by atoms with van der Waals surface area (Å²) in [6, 6.07) is 21.1. The molecule has 152 valence electrons. The fourth-order valence-corrected chi connectivity index (χ4v) is 4.89. The number of nitro benzene ring substituents is 1. The Balaban J connectivity index is 1.75. The summed E-state index contributed by atoms with van der Waals surface area (Å²) >= 11 is 0. The average molecular weight is 423 g/mol. The lowest BCUT2D eigenvalue weighted by molar-refractivity contribution is -0.384. The molecule has 0 bridgehead atoms. The summed E-state index contributed by atoms with van der Waals surface area (Å²) in [6.45, 7) is -0.150. The second-order valence-electron chi connectivity index (χ2n) is 6.75. The van der Waals surface area contributed by atoms with E-state index in [0.717, 1.165) is 8.61 Å². The Morgan fingerprint density at radius 2 is 1.33 bits per heavy atom. The van der Waals surface area contributed by atoms with Crippen LogP contribution < -0.4 is 4.31 Å². The first-order chi connectivity index (χ1) is 14.4. The SMILES string of the molecule is O=C1c2ccccc2N(Cc2ccc([N+](=O)[O-])cc2)S(=O)(=O)N1Cc1ccccc1. The van der Waals surface area contributed by atoms with Crippen LogP contribution in [0, 0.1) is 10.1 Å². The second kappa shape index (κ2) is 7.60. The highest BCUT2D eigenvalue weighted by molar-refractivity contribution is 7.91. The minimum atomic E-state index is -4.17. The standard InChI is InChI=1S/C21H17N3O5S/c25-21-19-8-4-5-9-20(19)22(14-17-10-12-18(13-11-17)24(26)27)30(28,29)23(21)15-16-6-2-1-3-7-16/h1-13H,14-15H2. The fraction of sp³-hybridized carbons (Fsp3) is 0.0952. The van der Waals surface area contributed by atoms with E-state index in [1.807, 2.05) is 6.07 Å². The first-order valence-corrected chi connectivity index (χ1v) is 10.5. The zero-order valence-electron chi connectivity index (χ0n) is 15.7. The van der Waals surface area contributed by atoms with Crippen LogP contribution >= 0.6 is 0 Å². The number of non-ortho nitro benzene ring substituents is 1. The molecule has 9 heteroatoms. The van der Waals surface area contributed by atoms with Gasteiger partial charge in [0.2, 0.25) is 0 Å². The van der Waals surface area contributed by atoms with Crippen molar-refractivity contribution in [3.8, 4) is 0 Å². The number of para-hydroxylation sites is 1. The molecule has 1 aliphatic rings. The normalized spacial score (nSPS) is 15.0. The van der Waals surface area contributed by atoms with E-state index in [1.165, 1.54) is 24.3 Å². The molecule has 30 heavy (non-hydrogen) atoms. The van der Waals surface area contributed by atoms with Crippen LogP contribution in [0.2, 0.25) is 0 Å². The van der Waals surface area contributed by atoms with Crippen molar-refractivity contribution in [3.63, 3.8) is 0 Å². The predicted octanol–water partition coefficient (Wildman–Crippen LogP) is 3.50. The van der Waals surface area contributed by atoms with E-state index < -0.39 is 21.0 Å². The molecule has 3 aromatic rings. The van der Waals surface area contributed by atoms with Crippen LogP contribution in [0.25, 0.3) is 0 Å². The van der Waals surface area contributed by atoms with Crippen molar-refractivity contribution in [2.24, 2.45) is 0 Å². The molecule has 0 radical (unpaired) electrons. The van der Waals surface area contributed by atoms with Gasteiger partial charge in [0, 0.05) is 12.1 Å². The molecule has 3 aromatic carbocycles. The van der Waals surface area contributed by atoms with E-state index in [1.54, 1.807) is 48.5 Å². The van der Waals surface area contributed by atoms with Crippen LogP contribution in [-0.4, -0.2) is 23.6 Å². The summed E-state index contributed by atoms with van der Waals surface area (Å²) in [7, 11) is -4.17. The van der Waals surface area contributed by atoms with Gasteiger partial charge >= 0.3 is 10.2 Å². The Labute approximate surface area is 173 Å². The minimum Gasteiger partial charge on any atom is -0.268 e. The summed E-state index contributed by atoms with van der Waals surface area (Å²) in [5, 5.41) is 10.9. The number of anilines is 1. The van der Waals surface area contributed by atoms with Gasteiger partial charge in [0.1, 0.15) is 0 Å². The van der Waals surface area contributed by atoms with E-state index in [4.69, 9.17) is 0 Å². The highest BCUT2D eigenvalue weighted by Crippen LogP contribution is 2.34. The minimum absolute atomic E-state index is 0.0596. The van der Waals surface area contributed by atoms with Gasteiger partial charge in [-0.25, -0.2) is 8.61 Å². The van der Waals surface area contributed by atoms with Gasteiger partial charge in [-0.3, -0.25) is 14.9 Å². The maximum atomic E-state index is 13.4. The fourth-order valence-electron chi connectivity index (χ4n) is 3.31. The summed E-state index contributed by atoms with van der Waals surface area (Å²) in [6.07, 6.45) is 0. The topological polar surface area (TPSA) is 101 Å². The number of nitrogens with zero attached hydrogens (tertiary/aromatic N) is 3. The number of hydrogen-bond acceptors (Lipinski definition) is 5. The Bertz CT molecular complexity index is 1210. The van der Waals surface area contributed by atoms with Gasteiger partial charge in [-0.1, -0.05) is 54.6 Å². The van der Waals surface area contributed by atoms with Gasteiger partial charge in [-0.15, -0.1) is 0 Å². The summed E-state index contributed by atoms with van der Waals surface area (Å²) in [4.78, 5) is 23.4. The Kier molecular flexibility index (Phi) is 4.96. The molecular weight excluding hydrogens is 406 g/mol. The molecular formula is C21H17N3O5S. The monoisotopic (exact) mass is 423 g/mol. The highest BCUT2D eigenvalue weighted by atomic mass is 32.2. The Morgan fingerprint density at radius 3 is 2.00 bits per heavy atom. The van der Waals surface area contributed by atoms with Crippen LogP contribution in [0.15, 0.2) is 78.9 Å². The number of amides is 1. The molecule has 0 unspecified atom stereocenters. The maximum Gasteiger partial charge on any atom is 0.329 e. The molecule has 4 rings (SSSR count). The molecule has 0 fully saturated rings. The first kappa shape index (κ1) is 19.6. The van der Waals surface area contributed by atoms with Crippen LogP contribution in [-0.2, 0) is 23.3 Å². The summed E-state index contributed by atoms with van der Waals surface area (Å²) in [5.74, 6) is -0.589. The average Bonchev–Trinajstić information content (AvgIpc) is 2.75. The van der Waals surface area contributed by atoms with Crippen molar-refractivity contribution in [1.29, 1.82) is 0 Å². The Morgan fingerprint density at radius 1 is 0.767 bits per heavy atom. The van der Waals surface area contributed by atoms with Crippen molar-refractivity contribution < 1.29 is 18.1 Å². The van der Waals surface area contributed by atoms with E-state index in [9.17, 15) is 23.3 Å². The Hall–Kier alpha value is -3.72. The van der Waals surface area contributed by atoms with Crippen LogP contribution in [0.1, 0.15) is 21.5 Å². The van der Waals surface area contributed by atoms with Crippen molar-refractivity contribution in [1.82, 2.24) is 4.31 Å². The lowest BCUT2D eigenvalue weighted by atomic mass is 10.1. The second-order valence-corrected chi connectivity index (χ2v) is 8.53. The zero-order valence-corrected chi connectivity index (χ0v) is 16.5. The van der Waals surface area contributed by atoms with Crippen LogP contribution in [0.4, 0.5) is 11.4 Å². The lowest BCUT2D eigenvalue weighted by Crippen LogP contribution is -2.50. The predicted molar refractivity (Wildman–Crippen MR) is 111 cm³/mol. The summed E-state index contributed by atoms with van der Waals surface area (Å²) in [5.41, 5.74) is 1.73. The molecule has 0 saturated carbocycles. The van der Waals surface area contributed by atoms with Gasteiger partial charge in [0.15, 0.2) is 0 Å². The van der Waals surface area contributed by atoms with Gasteiger partial charge in [0.05, 0.1) is 29.3 Å². The third-order valence-electron chi connectivity index (χ3n) is 4.83. The number of carbonyl (C=O) groups is 1. The molecule has 0 saturated heterocycles. The molecule has 0 aromatic heterocycles. The third kappa shape index (κ3) is 3.50. The van der Waals surface area contributed by atoms with Gasteiger partial charge < -0.3 is 0 Å². The molecule has 0 spiro atoms. The lowest BCUT2D eigenvalue weighted by Gasteiger charge is -2.37. The molecule has 0 atom stereocenters. The quantitative estimate of drug-likeness (QED) is 0.462. The van der Waals surface area contributed by atoms with Crippen molar-refractivity contribution in [3.05, 3.63) is 106 Å². The molecule has 0 aliphatic carbocycles. The van der Waals surface area contributed by atoms with Crippen molar-refractivity contribution >= 4 is 27.5 Å². The number of carbonyl (C=O) groups excluding carboxylic acids is 1. The van der Waals surface area contributed by atoms with Crippen molar-refractivity contribution in [2.75, 3.05) is 4.31 Å². The van der Waals surface area contributed by atoms with Crippen LogP contribution in [0.5, 0.6) is 0 Å². The van der Waals surface area contributed by atoms with Gasteiger partial charge in [0.25, 0.3) is 11.6 Å². The summed E-state index contributed by atoms with van der Waals surface area (Å²) < 4.78 is 28.8. The highest BCUT2D eigenvalue weighted by Gasteiger charge is 2.41. The number of nitro groups is 1. The van der Waals surface area contributed by atoms with Gasteiger partial charge in [-0.2, -0.15) is 8.42 Å². The van der Waals surface area contributed by atoms with Crippen LogP contribution in [0.3, 0.4) is 0 Å². The number of hydrogen-bond donors (Lipinski definition) is 0. The molecule has 1 amide bonds. The molecule has 1 aliphatic heterocycles.